The van der Waals surface area contributed by atoms with Crippen molar-refractivity contribution in [2.75, 3.05) is 65.3 Å². The SMILES string of the molecule is [CH2]N(CCN1CCN(CC)CC1)C(=O)Nc1cc2cc(-c3c(OC)ccnc3OC)n(C)c2cn1. The number of hydrogen-bond acceptors (Lipinski definition) is 7. The number of pyridine rings is 2. The number of hydrogen-bond donors (Lipinski definition) is 1. The molecule has 1 saturated heterocycles. The second-order valence-corrected chi connectivity index (χ2v) is 8.58. The molecule has 0 aromatic carbocycles. The van der Waals surface area contributed by atoms with Gasteiger partial charge < -0.3 is 23.8 Å². The van der Waals surface area contributed by atoms with E-state index in [2.05, 4.69) is 39.1 Å². The Kier molecular flexibility index (Phi) is 7.72. The molecule has 4 heterocycles. The summed E-state index contributed by atoms with van der Waals surface area (Å²) in [5.41, 5.74) is 2.53. The molecule has 10 heteroatoms. The van der Waals surface area contributed by atoms with Crippen LogP contribution in [0.15, 0.2) is 30.6 Å². The summed E-state index contributed by atoms with van der Waals surface area (Å²) in [6, 6.07) is 5.37. The molecule has 0 aliphatic carbocycles. The number of urea groups is 1. The van der Waals surface area contributed by atoms with Crippen LogP contribution in [-0.4, -0.2) is 95.3 Å². The van der Waals surface area contributed by atoms with E-state index in [4.69, 9.17) is 9.47 Å². The van der Waals surface area contributed by atoms with E-state index in [-0.39, 0.29) is 6.03 Å². The first-order valence-electron chi connectivity index (χ1n) is 11.8. The Hall–Kier alpha value is -3.37. The van der Waals surface area contributed by atoms with Gasteiger partial charge in [0.1, 0.15) is 17.1 Å². The summed E-state index contributed by atoms with van der Waals surface area (Å²) < 4.78 is 13.0. The number of carbonyl (C=O) groups is 1. The van der Waals surface area contributed by atoms with E-state index >= 15 is 0 Å². The minimum atomic E-state index is -0.282. The minimum absolute atomic E-state index is 0.282. The summed E-state index contributed by atoms with van der Waals surface area (Å²) in [6.45, 7) is 8.80. The maximum atomic E-state index is 12.7. The first-order valence-corrected chi connectivity index (χ1v) is 11.8. The van der Waals surface area contributed by atoms with Crippen LogP contribution in [0.25, 0.3) is 22.2 Å². The number of aromatic nitrogens is 3. The van der Waals surface area contributed by atoms with Crippen LogP contribution in [0.5, 0.6) is 11.6 Å². The summed E-state index contributed by atoms with van der Waals surface area (Å²) in [5.74, 6) is 1.60. The van der Waals surface area contributed by atoms with Crippen molar-refractivity contribution in [3.63, 3.8) is 0 Å². The van der Waals surface area contributed by atoms with Crippen LogP contribution in [0.3, 0.4) is 0 Å². The largest absolute Gasteiger partial charge is 0.496 e. The van der Waals surface area contributed by atoms with Crippen molar-refractivity contribution in [1.29, 1.82) is 0 Å². The number of aryl methyl sites for hydroxylation is 1. The third-order valence-electron chi connectivity index (χ3n) is 6.60. The zero-order valence-electron chi connectivity index (χ0n) is 21.0. The van der Waals surface area contributed by atoms with Gasteiger partial charge in [-0.3, -0.25) is 10.2 Å². The van der Waals surface area contributed by atoms with Gasteiger partial charge in [-0.25, -0.2) is 14.8 Å². The highest BCUT2D eigenvalue weighted by molar-refractivity contribution is 5.94. The van der Waals surface area contributed by atoms with Crippen LogP contribution in [0.1, 0.15) is 6.92 Å². The van der Waals surface area contributed by atoms with E-state index in [1.807, 2.05) is 23.7 Å². The van der Waals surface area contributed by atoms with Gasteiger partial charge >= 0.3 is 6.03 Å². The van der Waals surface area contributed by atoms with Crippen LogP contribution < -0.4 is 14.8 Å². The summed E-state index contributed by atoms with van der Waals surface area (Å²) in [6.07, 6.45) is 3.39. The molecule has 0 bridgehead atoms. The monoisotopic (exact) mass is 480 g/mol. The highest BCUT2D eigenvalue weighted by atomic mass is 16.5. The number of anilines is 1. The Bertz CT molecular complexity index is 1150. The summed E-state index contributed by atoms with van der Waals surface area (Å²) in [7, 11) is 9.07. The van der Waals surface area contributed by atoms with Crippen LogP contribution in [0.2, 0.25) is 0 Å². The standard InChI is InChI=1S/C25H34N7O3/c1-6-31-11-13-32(14-12-31)10-9-29(2)25(33)28-22-16-18-15-19(30(3)20(18)17-27-22)23-21(34-4)7-8-26-24(23)35-5/h7-8,15-17H,2,6,9-14H2,1,3-5H3,(H,27,28,33). The molecule has 0 saturated carbocycles. The molecule has 187 valence electrons. The second kappa shape index (κ2) is 10.9. The molecular formula is C25H34N7O3. The molecule has 4 rings (SSSR count). The normalized spacial score (nSPS) is 14.8. The van der Waals surface area contributed by atoms with E-state index in [0.29, 0.717) is 24.0 Å². The number of rotatable bonds is 8. The Labute approximate surface area is 206 Å². The lowest BCUT2D eigenvalue weighted by atomic mass is 10.1. The molecule has 1 radical (unpaired) electrons. The first-order chi connectivity index (χ1) is 16.9. The zero-order chi connectivity index (χ0) is 24.9. The zero-order valence-corrected chi connectivity index (χ0v) is 21.0. The molecule has 2 amide bonds. The fourth-order valence-electron chi connectivity index (χ4n) is 4.41. The molecule has 1 N–H and O–H groups in total. The number of amides is 2. The molecule has 0 spiro atoms. The van der Waals surface area contributed by atoms with Crippen LogP contribution in [-0.2, 0) is 7.05 Å². The number of likely N-dealkylation sites (N-methyl/N-ethyl adjacent to an activating group) is 1. The molecule has 0 atom stereocenters. The molecule has 10 nitrogen and oxygen atoms in total. The lowest BCUT2D eigenvalue weighted by Crippen LogP contribution is -2.48. The maximum Gasteiger partial charge on any atom is 0.323 e. The topological polar surface area (TPSA) is 88.0 Å². The van der Waals surface area contributed by atoms with Gasteiger partial charge in [0.05, 0.1) is 31.6 Å². The van der Waals surface area contributed by atoms with Gasteiger partial charge in [0, 0.05) is 64.9 Å². The molecule has 1 fully saturated rings. The number of fused-ring (bicyclic) bond motifs is 1. The van der Waals surface area contributed by atoms with Gasteiger partial charge in [-0.05, 0) is 24.7 Å². The number of carbonyl (C=O) groups excluding carboxylic acids is 1. The average Bonchev–Trinajstić information content (AvgIpc) is 3.21. The van der Waals surface area contributed by atoms with Gasteiger partial charge in [0.15, 0.2) is 0 Å². The van der Waals surface area contributed by atoms with Crippen LogP contribution in [0.4, 0.5) is 10.6 Å². The maximum absolute atomic E-state index is 12.7. The van der Waals surface area contributed by atoms with Crippen molar-refractivity contribution >= 4 is 22.8 Å². The predicted octanol–water partition coefficient (Wildman–Crippen LogP) is 2.92. The van der Waals surface area contributed by atoms with Gasteiger partial charge in [0.25, 0.3) is 0 Å². The van der Waals surface area contributed by atoms with Crippen molar-refractivity contribution in [2.24, 2.45) is 7.05 Å². The highest BCUT2D eigenvalue weighted by Gasteiger charge is 2.20. The summed E-state index contributed by atoms with van der Waals surface area (Å²) >= 11 is 0. The quantitative estimate of drug-likeness (QED) is 0.530. The number of methoxy groups -OCH3 is 2. The van der Waals surface area contributed by atoms with Gasteiger partial charge in [0.2, 0.25) is 5.88 Å². The van der Waals surface area contributed by atoms with E-state index in [1.54, 1.807) is 32.7 Å². The summed E-state index contributed by atoms with van der Waals surface area (Å²) in [4.78, 5) is 27.8. The van der Waals surface area contributed by atoms with Gasteiger partial charge in [-0.1, -0.05) is 6.92 Å². The van der Waals surface area contributed by atoms with Gasteiger partial charge in [-0.2, -0.15) is 0 Å². The van der Waals surface area contributed by atoms with E-state index < -0.39 is 0 Å². The Morgan fingerprint density at radius 3 is 2.57 bits per heavy atom. The number of nitrogens with one attached hydrogen (secondary N) is 1. The predicted molar refractivity (Wildman–Crippen MR) is 137 cm³/mol. The average molecular weight is 481 g/mol. The lowest BCUT2D eigenvalue weighted by molar-refractivity contribution is 0.131. The van der Waals surface area contributed by atoms with Crippen LogP contribution in [0, 0.1) is 7.05 Å². The van der Waals surface area contributed by atoms with E-state index in [0.717, 1.165) is 61.4 Å². The summed E-state index contributed by atoms with van der Waals surface area (Å²) in [5, 5.41) is 3.79. The van der Waals surface area contributed by atoms with Gasteiger partial charge in [-0.15, -0.1) is 0 Å². The molecular weight excluding hydrogens is 446 g/mol. The second-order valence-electron chi connectivity index (χ2n) is 8.58. The van der Waals surface area contributed by atoms with Crippen molar-refractivity contribution < 1.29 is 14.3 Å². The Morgan fingerprint density at radius 1 is 1.14 bits per heavy atom. The van der Waals surface area contributed by atoms with Crippen molar-refractivity contribution in [2.45, 2.75) is 6.92 Å². The van der Waals surface area contributed by atoms with Crippen molar-refractivity contribution in [3.8, 4) is 22.9 Å². The van der Waals surface area contributed by atoms with Crippen molar-refractivity contribution in [3.05, 3.63) is 37.6 Å². The Balaban J connectivity index is 1.45. The molecule has 3 aromatic rings. The molecule has 3 aromatic heterocycles. The molecule has 35 heavy (non-hydrogen) atoms. The smallest absolute Gasteiger partial charge is 0.323 e. The fourth-order valence-corrected chi connectivity index (χ4v) is 4.41. The molecule has 0 unspecified atom stereocenters. The third kappa shape index (κ3) is 5.33. The van der Waals surface area contributed by atoms with E-state index in [9.17, 15) is 4.79 Å². The number of nitrogens with zero attached hydrogens (tertiary/aromatic N) is 6. The third-order valence-corrected chi connectivity index (χ3v) is 6.60. The first kappa shape index (κ1) is 24.7. The Morgan fingerprint density at radius 2 is 1.89 bits per heavy atom. The van der Waals surface area contributed by atoms with E-state index in [1.165, 1.54) is 4.90 Å². The highest BCUT2D eigenvalue weighted by Crippen LogP contribution is 2.39. The lowest BCUT2D eigenvalue weighted by Gasteiger charge is -2.34. The number of ether oxygens (including phenoxy) is 2. The van der Waals surface area contributed by atoms with Crippen LogP contribution >= 0.6 is 0 Å². The fraction of sp³-hybridized carbons (Fsp3) is 0.440. The number of piperazine rings is 1. The molecule has 1 aliphatic heterocycles. The minimum Gasteiger partial charge on any atom is -0.496 e. The van der Waals surface area contributed by atoms with Crippen molar-refractivity contribution in [1.82, 2.24) is 29.2 Å². The molecule has 1 aliphatic rings.